The summed E-state index contributed by atoms with van der Waals surface area (Å²) in [5, 5.41) is 8.43. The second-order valence-electron chi connectivity index (χ2n) is 6.44. The number of guanidine groups is 1. The van der Waals surface area contributed by atoms with Crippen LogP contribution in [0.4, 0.5) is 23.4 Å². The van der Waals surface area contributed by atoms with Gasteiger partial charge < -0.3 is 16.0 Å². The molecule has 0 unspecified atom stereocenters. The molecule has 1 amide bonds. The summed E-state index contributed by atoms with van der Waals surface area (Å²) in [6.45, 7) is 4.06. The molecule has 0 radical (unpaired) electrons. The molecular formula is C20H23F4N5O. The number of carbonyl (C=O) groups excluding carboxylic acids is 1. The van der Waals surface area contributed by atoms with Gasteiger partial charge in [0.1, 0.15) is 11.6 Å². The predicted molar refractivity (Wildman–Crippen MR) is 106 cm³/mol. The second kappa shape index (κ2) is 10.6. The molecule has 0 atom stereocenters. The Morgan fingerprint density at radius 3 is 2.57 bits per heavy atom. The highest BCUT2D eigenvalue weighted by atomic mass is 19.4. The highest BCUT2D eigenvalue weighted by molar-refractivity contribution is 5.90. The number of amides is 1. The number of benzene rings is 1. The molecule has 10 heteroatoms. The van der Waals surface area contributed by atoms with Crippen molar-refractivity contribution in [1.29, 1.82) is 0 Å². The summed E-state index contributed by atoms with van der Waals surface area (Å²) in [4.78, 5) is 20.2. The minimum absolute atomic E-state index is 0.102. The number of aryl methyl sites for hydroxylation is 1. The molecule has 0 aliphatic heterocycles. The van der Waals surface area contributed by atoms with Crippen molar-refractivity contribution in [2.24, 2.45) is 4.99 Å². The molecule has 1 aromatic heterocycles. The number of aromatic nitrogens is 1. The quantitative estimate of drug-likeness (QED) is 0.360. The van der Waals surface area contributed by atoms with Crippen LogP contribution in [0.2, 0.25) is 0 Å². The number of carbonyl (C=O) groups is 1. The molecule has 0 spiro atoms. The van der Waals surface area contributed by atoms with E-state index in [1.807, 2.05) is 13.0 Å². The Morgan fingerprint density at radius 1 is 1.17 bits per heavy atom. The van der Waals surface area contributed by atoms with Crippen LogP contribution in [0.25, 0.3) is 0 Å². The predicted octanol–water partition coefficient (Wildman–Crippen LogP) is 3.63. The van der Waals surface area contributed by atoms with Crippen molar-refractivity contribution in [3.63, 3.8) is 0 Å². The molecule has 162 valence electrons. The van der Waals surface area contributed by atoms with Gasteiger partial charge >= 0.3 is 6.18 Å². The van der Waals surface area contributed by atoms with Gasteiger partial charge in [-0.25, -0.2) is 14.4 Å². The number of pyridine rings is 1. The Morgan fingerprint density at radius 2 is 1.93 bits per heavy atom. The number of hydrogen-bond acceptors (Lipinski definition) is 3. The SMILES string of the molecule is CCNC(=NCc1ccc(F)cc1C(F)(F)F)NCCC(=O)Nc1ccc(C)cn1. The Labute approximate surface area is 171 Å². The highest BCUT2D eigenvalue weighted by Crippen LogP contribution is 2.32. The van der Waals surface area contributed by atoms with Crippen molar-refractivity contribution in [3.05, 3.63) is 59.0 Å². The zero-order valence-electron chi connectivity index (χ0n) is 16.6. The first kappa shape index (κ1) is 23.1. The molecule has 0 aliphatic carbocycles. The average molecular weight is 425 g/mol. The summed E-state index contributed by atoms with van der Waals surface area (Å²) in [7, 11) is 0. The maximum Gasteiger partial charge on any atom is 0.416 e. The van der Waals surface area contributed by atoms with Crippen molar-refractivity contribution < 1.29 is 22.4 Å². The van der Waals surface area contributed by atoms with Crippen LogP contribution in [0.3, 0.4) is 0 Å². The van der Waals surface area contributed by atoms with Crippen LogP contribution in [0.1, 0.15) is 30.0 Å². The maximum atomic E-state index is 13.2. The minimum atomic E-state index is -4.68. The third kappa shape index (κ3) is 7.34. The minimum Gasteiger partial charge on any atom is -0.357 e. The zero-order valence-corrected chi connectivity index (χ0v) is 16.6. The molecule has 0 saturated carbocycles. The number of halogens is 4. The van der Waals surface area contributed by atoms with Crippen molar-refractivity contribution in [2.75, 3.05) is 18.4 Å². The lowest BCUT2D eigenvalue weighted by Crippen LogP contribution is -2.38. The molecule has 30 heavy (non-hydrogen) atoms. The third-order valence-corrected chi connectivity index (χ3v) is 3.95. The van der Waals surface area contributed by atoms with Gasteiger partial charge in [-0.3, -0.25) is 4.79 Å². The van der Waals surface area contributed by atoms with E-state index in [0.29, 0.717) is 18.4 Å². The molecule has 6 nitrogen and oxygen atoms in total. The molecule has 0 fully saturated rings. The molecule has 2 aromatic rings. The number of hydrogen-bond donors (Lipinski definition) is 3. The fourth-order valence-corrected chi connectivity index (χ4v) is 2.50. The van der Waals surface area contributed by atoms with Gasteiger partial charge in [-0.1, -0.05) is 12.1 Å². The maximum absolute atomic E-state index is 13.2. The summed E-state index contributed by atoms with van der Waals surface area (Å²) < 4.78 is 52.5. The van der Waals surface area contributed by atoms with Crippen LogP contribution in [-0.2, 0) is 17.5 Å². The summed E-state index contributed by atoms with van der Waals surface area (Å²) >= 11 is 0. The van der Waals surface area contributed by atoms with Crippen molar-refractivity contribution in [2.45, 2.75) is 33.0 Å². The third-order valence-electron chi connectivity index (χ3n) is 3.95. The smallest absolute Gasteiger partial charge is 0.357 e. The van der Waals surface area contributed by atoms with E-state index in [-0.39, 0.29) is 36.9 Å². The van der Waals surface area contributed by atoms with E-state index in [1.165, 1.54) is 0 Å². The number of nitrogens with zero attached hydrogens (tertiary/aromatic N) is 2. The molecule has 1 aromatic carbocycles. The van der Waals surface area contributed by atoms with E-state index >= 15 is 0 Å². The van der Waals surface area contributed by atoms with Gasteiger partial charge in [-0.05, 0) is 43.2 Å². The number of aliphatic imine (C=N–C) groups is 1. The fourth-order valence-electron chi connectivity index (χ4n) is 2.50. The number of rotatable bonds is 7. The standard InChI is InChI=1S/C20H23F4N5O/c1-3-25-19(26-9-8-18(30)29-17-7-4-13(2)11-27-17)28-12-14-5-6-15(21)10-16(14)20(22,23)24/h4-7,10-11H,3,8-9,12H2,1-2H3,(H2,25,26,28)(H,27,29,30). The Bertz CT molecular complexity index is 882. The van der Waals surface area contributed by atoms with E-state index in [1.54, 1.807) is 19.2 Å². The first-order valence-corrected chi connectivity index (χ1v) is 9.29. The van der Waals surface area contributed by atoms with E-state index in [0.717, 1.165) is 17.7 Å². The van der Waals surface area contributed by atoms with Gasteiger partial charge in [-0.2, -0.15) is 13.2 Å². The van der Waals surface area contributed by atoms with Gasteiger partial charge in [0.25, 0.3) is 0 Å². The first-order valence-electron chi connectivity index (χ1n) is 9.29. The molecule has 3 N–H and O–H groups in total. The average Bonchev–Trinajstić information content (AvgIpc) is 2.68. The molecule has 0 saturated heterocycles. The number of alkyl halides is 3. The monoisotopic (exact) mass is 425 g/mol. The van der Waals surface area contributed by atoms with Gasteiger partial charge in [0, 0.05) is 25.7 Å². The number of nitrogens with one attached hydrogen (secondary N) is 3. The van der Waals surface area contributed by atoms with Crippen LogP contribution in [0.5, 0.6) is 0 Å². The van der Waals surface area contributed by atoms with Gasteiger partial charge in [0.15, 0.2) is 5.96 Å². The molecule has 2 rings (SSSR count). The van der Waals surface area contributed by atoms with E-state index in [2.05, 4.69) is 25.9 Å². The van der Waals surface area contributed by atoms with Gasteiger partial charge in [0.2, 0.25) is 5.91 Å². The summed E-state index contributed by atoms with van der Waals surface area (Å²) in [5.41, 5.74) is -0.243. The summed E-state index contributed by atoms with van der Waals surface area (Å²) in [6, 6.07) is 5.99. The van der Waals surface area contributed by atoms with Gasteiger partial charge in [0.05, 0.1) is 12.1 Å². The largest absolute Gasteiger partial charge is 0.416 e. The first-order chi connectivity index (χ1) is 14.2. The second-order valence-corrected chi connectivity index (χ2v) is 6.44. The van der Waals surface area contributed by atoms with E-state index in [4.69, 9.17) is 0 Å². The number of anilines is 1. The van der Waals surface area contributed by atoms with E-state index in [9.17, 15) is 22.4 Å². The Balaban J connectivity index is 1.95. The van der Waals surface area contributed by atoms with Crippen LogP contribution >= 0.6 is 0 Å². The molecule has 0 aliphatic rings. The van der Waals surface area contributed by atoms with Crippen molar-refractivity contribution in [3.8, 4) is 0 Å². The lowest BCUT2D eigenvalue weighted by molar-refractivity contribution is -0.138. The lowest BCUT2D eigenvalue weighted by atomic mass is 10.1. The van der Waals surface area contributed by atoms with Crippen molar-refractivity contribution in [1.82, 2.24) is 15.6 Å². The lowest BCUT2D eigenvalue weighted by Gasteiger charge is -2.14. The van der Waals surface area contributed by atoms with Crippen molar-refractivity contribution >= 4 is 17.7 Å². The van der Waals surface area contributed by atoms with Crippen LogP contribution in [-0.4, -0.2) is 29.9 Å². The van der Waals surface area contributed by atoms with E-state index < -0.39 is 17.6 Å². The Hall–Kier alpha value is -3.17. The fraction of sp³-hybridized carbons (Fsp3) is 0.350. The molecule has 0 bridgehead atoms. The van der Waals surface area contributed by atoms with Crippen LogP contribution < -0.4 is 16.0 Å². The summed E-state index contributed by atoms with van der Waals surface area (Å²) in [5.74, 6) is -0.555. The molecule has 1 heterocycles. The van der Waals surface area contributed by atoms with Gasteiger partial charge in [-0.15, -0.1) is 0 Å². The normalized spacial score (nSPS) is 11.9. The van der Waals surface area contributed by atoms with Crippen LogP contribution in [0.15, 0.2) is 41.5 Å². The highest BCUT2D eigenvalue weighted by Gasteiger charge is 2.33. The molecular weight excluding hydrogens is 402 g/mol. The van der Waals surface area contributed by atoms with Crippen LogP contribution in [0, 0.1) is 12.7 Å². The topological polar surface area (TPSA) is 78.4 Å². The summed E-state index contributed by atoms with van der Waals surface area (Å²) in [6.07, 6.45) is -2.94. The Kier molecular flexibility index (Phi) is 8.14. The zero-order chi connectivity index (χ0) is 22.1.